The Bertz CT molecular complexity index is 196. The highest BCUT2D eigenvalue weighted by Crippen LogP contribution is 1.90. The summed E-state index contributed by atoms with van der Waals surface area (Å²) in [7, 11) is 0. The lowest BCUT2D eigenvalue weighted by atomic mass is 10.2. The molecule has 82 valence electrons. The number of ether oxygens (including phenoxy) is 1. The molecule has 0 unspecified atom stereocenters. The van der Waals surface area contributed by atoms with E-state index in [9.17, 15) is 9.59 Å². The molecule has 0 aromatic carbocycles. The number of carbonyl (C=O) groups excluding carboxylic acids is 1. The third kappa shape index (κ3) is 5.50. The molecule has 0 aliphatic rings. The molecule has 1 amide bonds. The van der Waals surface area contributed by atoms with Crippen LogP contribution >= 0.6 is 0 Å². The first kappa shape index (κ1) is 12.9. The number of aliphatic carboxylic acids is 1. The SMILES string of the molecule is CC[C@@H](NC(=O)COCCN)C(=O)O. The normalized spacial score (nSPS) is 12.1. The number of rotatable bonds is 7. The van der Waals surface area contributed by atoms with Gasteiger partial charge in [0.2, 0.25) is 5.91 Å². The van der Waals surface area contributed by atoms with E-state index in [2.05, 4.69) is 5.32 Å². The molecule has 6 heteroatoms. The molecule has 0 heterocycles. The van der Waals surface area contributed by atoms with Crippen LogP contribution in [0.5, 0.6) is 0 Å². The second-order valence-electron chi connectivity index (χ2n) is 2.71. The predicted octanol–water partition coefficient (Wildman–Crippen LogP) is -1.06. The standard InChI is InChI=1S/C8H16N2O4/c1-2-6(8(12)13)10-7(11)5-14-4-3-9/h6H,2-5,9H2,1H3,(H,10,11)(H,12,13)/t6-/m1/s1. The summed E-state index contributed by atoms with van der Waals surface area (Å²) in [5.41, 5.74) is 5.14. The maximum absolute atomic E-state index is 11.1. The number of carboxylic acid groups (broad SMARTS) is 1. The first-order valence-electron chi connectivity index (χ1n) is 4.41. The maximum Gasteiger partial charge on any atom is 0.326 e. The van der Waals surface area contributed by atoms with Crippen molar-refractivity contribution in [3.63, 3.8) is 0 Å². The molecular weight excluding hydrogens is 188 g/mol. The highest BCUT2D eigenvalue weighted by molar-refractivity contribution is 5.84. The van der Waals surface area contributed by atoms with Crippen molar-refractivity contribution in [1.29, 1.82) is 0 Å². The predicted molar refractivity (Wildman–Crippen MR) is 49.7 cm³/mol. The first-order chi connectivity index (χ1) is 6.61. The van der Waals surface area contributed by atoms with Crippen molar-refractivity contribution in [3.05, 3.63) is 0 Å². The van der Waals surface area contributed by atoms with Gasteiger partial charge < -0.3 is 20.9 Å². The number of nitrogens with two attached hydrogens (primary N) is 1. The summed E-state index contributed by atoms with van der Waals surface area (Å²) in [5.74, 6) is -1.48. The Morgan fingerprint density at radius 1 is 1.57 bits per heavy atom. The molecule has 0 rings (SSSR count). The van der Waals surface area contributed by atoms with Gasteiger partial charge in [-0.2, -0.15) is 0 Å². The van der Waals surface area contributed by atoms with E-state index in [0.29, 0.717) is 13.0 Å². The van der Waals surface area contributed by atoms with E-state index in [-0.39, 0.29) is 13.2 Å². The van der Waals surface area contributed by atoms with Gasteiger partial charge in [-0.15, -0.1) is 0 Å². The highest BCUT2D eigenvalue weighted by Gasteiger charge is 2.16. The average Bonchev–Trinajstić information content (AvgIpc) is 2.14. The van der Waals surface area contributed by atoms with Crippen LogP contribution < -0.4 is 11.1 Å². The minimum atomic E-state index is -1.04. The summed E-state index contributed by atoms with van der Waals surface area (Å²) < 4.78 is 4.84. The van der Waals surface area contributed by atoms with E-state index in [1.807, 2.05) is 0 Å². The molecule has 0 aromatic rings. The largest absolute Gasteiger partial charge is 0.480 e. The van der Waals surface area contributed by atoms with E-state index in [1.165, 1.54) is 0 Å². The summed E-state index contributed by atoms with van der Waals surface area (Å²) in [6, 6.07) is -0.844. The third-order valence-electron chi connectivity index (χ3n) is 1.54. The Labute approximate surface area is 82.4 Å². The van der Waals surface area contributed by atoms with E-state index in [0.717, 1.165) is 0 Å². The van der Waals surface area contributed by atoms with Crippen LogP contribution in [0.15, 0.2) is 0 Å². The molecular formula is C8H16N2O4. The van der Waals surface area contributed by atoms with E-state index >= 15 is 0 Å². The van der Waals surface area contributed by atoms with Crippen molar-refractivity contribution >= 4 is 11.9 Å². The molecule has 0 saturated heterocycles. The van der Waals surface area contributed by atoms with Gasteiger partial charge in [-0.05, 0) is 6.42 Å². The van der Waals surface area contributed by atoms with Gasteiger partial charge >= 0.3 is 5.97 Å². The lowest BCUT2D eigenvalue weighted by Crippen LogP contribution is -2.42. The maximum atomic E-state index is 11.1. The molecule has 4 N–H and O–H groups in total. The average molecular weight is 204 g/mol. The Morgan fingerprint density at radius 3 is 2.64 bits per heavy atom. The molecule has 0 bridgehead atoms. The summed E-state index contributed by atoms with van der Waals surface area (Å²) in [6.07, 6.45) is 0.345. The van der Waals surface area contributed by atoms with Gasteiger partial charge in [0.15, 0.2) is 0 Å². The molecule has 0 radical (unpaired) electrons. The Hall–Kier alpha value is -1.14. The monoisotopic (exact) mass is 204 g/mol. The fraction of sp³-hybridized carbons (Fsp3) is 0.750. The molecule has 6 nitrogen and oxygen atoms in total. The summed E-state index contributed by atoms with van der Waals surface area (Å²) in [6.45, 7) is 2.15. The van der Waals surface area contributed by atoms with Gasteiger partial charge in [0, 0.05) is 6.54 Å². The van der Waals surface area contributed by atoms with Crippen LogP contribution in [0.25, 0.3) is 0 Å². The molecule has 0 aliphatic heterocycles. The second kappa shape index (κ2) is 7.28. The zero-order valence-corrected chi connectivity index (χ0v) is 8.16. The van der Waals surface area contributed by atoms with Crippen LogP contribution in [0.1, 0.15) is 13.3 Å². The number of hydrogen-bond acceptors (Lipinski definition) is 4. The zero-order chi connectivity index (χ0) is 11.0. The molecule has 0 aromatic heterocycles. The van der Waals surface area contributed by atoms with Crippen molar-refractivity contribution in [2.75, 3.05) is 19.8 Å². The first-order valence-corrected chi connectivity index (χ1v) is 4.41. The van der Waals surface area contributed by atoms with Crippen LogP contribution in [-0.4, -0.2) is 42.8 Å². The van der Waals surface area contributed by atoms with Crippen LogP contribution in [0.2, 0.25) is 0 Å². The van der Waals surface area contributed by atoms with Crippen molar-refractivity contribution < 1.29 is 19.4 Å². The summed E-state index contributed by atoms with van der Waals surface area (Å²) in [4.78, 5) is 21.6. The lowest BCUT2D eigenvalue weighted by Gasteiger charge is -2.11. The van der Waals surface area contributed by atoms with Crippen LogP contribution in [0, 0.1) is 0 Å². The van der Waals surface area contributed by atoms with Crippen molar-refractivity contribution in [2.24, 2.45) is 5.73 Å². The molecule has 1 atom stereocenters. The number of carbonyl (C=O) groups is 2. The minimum absolute atomic E-state index is 0.152. The van der Waals surface area contributed by atoms with E-state index in [1.54, 1.807) is 6.92 Å². The van der Waals surface area contributed by atoms with Crippen molar-refractivity contribution in [1.82, 2.24) is 5.32 Å². The van der Waals surface area contributed by atoms with Gasteiger partial charge in [0.05, 0.1) is 6.61 Å². The Morgan fingerprint density at radius 2 is 2.21 bits per heavy atom. The van der Waals surface area contributed by atoms with Gasteiger partial charge in [-0.1, -0.05) is 6.92 Å². The molecule has 14 heavy (non-hydrogen) atoms. The fourth-order valence-electron chi connectivity index (χ4n) is 0.823. The van der Waals surface area contributed by atoms with E-state index in [4.69, 9.17) is 15.6 Å². The summed E-state index contributed by atoms with van der Waals surface area (Å²) in [5, 5.41) is 10.9. The summed E-state index contributed by atoms with van der Waals surface area (Å²) >= 11 is 0. The number of hydrogen-bond donors (Lipinski definition) is 3. The number of amides is 1. The van der Waals surface area contributed by atoms with Crippen molar-refractivity contribution in [3.8, 4) is 0 Å². The highest BCUT2D eigenvalue weighted by atomic mass is 16.5. The Kier molecular flexibility index (Phi) is 6.69. The van der Waals surface area contributed by atoms with E-state index < -0.39 is 17.9 Å². The molecule has 0 aliphatic carbocycles. The minimum Gasteiger partial charge on any atom is -0.480 e. The zero-order valence-electron chi connectivity index (χ0n) is 8.16. The number of nitrogens with one attached hydrogen (secondary N) is 1. The fourth-order valence-corrected chi connectivity index (χ4v) is 0.823. The molecule has 0 saturated carbocycles. The van der Waals surface area contributed by atoms with Gasteiger partial charge in [0.1, 0.15) is 12.6 Å². The van der Waals surface area contributed by atoms with Crippen LogP contribution in [0.4, 0.5) is 0 Å². The topological polar surface area (TPSA) is 102 Å². The lowest BCUT2D eigenvalue weighted by molar-refractivity contribution is -0.142. The van der Waals surface area contributed by atoms with Crippen LogP contribution in [0.3, 0.4) is 0 Å². The van der Waals surface area contributed by atoms with Crippen molar-refractivity contribution in [2.45, 2.75) is 19.4 Å². The van der Waals surface area contributed by atoms with Crippen LogP contribution in [-0.2, 0) is 14.3 Å². The third-order valence-corrected chi connectivity index (χ3v) is 1.54. The number of carboxylic acids is 1. The second-order valence-corrected chi connectivity index (χ2v) is 2.71. The smallest absolute Gasteiger partial charge is 0.326 e. The quantitative estimate of drug-likeness (QED) is 0.459. The molecule has 0 fully saturated rings. The molecule has 0 spiro atoms. The van der Waals surface area contributed by atoms with Gasteiger partial charge in [-0.3, -0.25) is 4.79 Å². The Balaban J connectivity index is 3.74. The van der Waals surface area contributed by atoms with Gasteiger partial charge in [-0.25, -0.2) is 4.79 Å². The van der Waals surface area contributed by atoms with Gasteiger partial charge in [0.25, 0.3) is 0 Å².